The molecule has 0 N–H and O–H groups in total. The molecule has 0 aromatic rings. The van der Waals surface area contributed by atoms with Crippen molar-refractivity contribution in [3.63, 3.8) is 0 Å². The van der Waals surface area contributed by atoms with Crippen molar-refractivity contribution in [1.29, 1.82) is 0 Å². The number of likely N-dealkylation sites (tertiary alicyclic amines) is 1. The summed E-state index contributed by atoms with van der Waals surface area (Å²) >= 11 is 0. The number of rotatable bonds is 3. The second-order valence-corrected chi connectivity index (χ2v) is 4.00. The van der Waals surface area contributed by atoms with Crippen molar-refractivity contribution in [3.8, 4) is 0 Å². The number of nitrogens with zero attached hydrogens (tertiary/aromatic N) is 1. The fourth-order valence-electron chi connectivity index (χ4n) is 1.26. The van der Waals surface area contributed by atoms with E-state index in [-0.39, 0.29) is 11.9 Å². The van der Waals surface area contributed by atoms with Gasteiger partial charge >= 0.3 is 6.09 Å². The van der Waals surface area contributed by atoms with Crippen LogP contribution in [0.4, 0.5) is 4.79 Å². The highest BCUT2D eigenvalue weighted by molar-refractivity contribution is 5.88. The maximum atomic E-state index is 11.4. The minimum absolute atomic E-state index is 0.0497. The van der Waals surface area contributed by atoms with Gasteiger partial charge in [0.05, 0.1) is 0 Å². The van der Waals surface area contributed by atoms with Crippen LogP contribution in [0.5, 0.6) is 0 Å². The quantitative estimate of drug-likeness (QED) is 0.693. The number of carbonyl (C=O) groups excluding carboxylic acids is 2. The monoisotopic (exact) mass is 199 g/mol. The molecular weight excluding hydrogens is 182 g/mol. The van der Waals surface area contributed by atoms with Gasteiger partial charge in [0, 0.05) is 19.5 Å². The standard InChI is InChI=1S/C10H17NO3/c1-4-8(12)10(2,3)14-9(13)11-6-5-7-11/h4-7H2,1-3H3. The Bertz CT molecular complexity index is 244. The van der Waals surface area contributed by atoms with E-state index in [1.54, 1.807) is 25.7 Å². The maximum Gasteiger partial charge on any atom is 0.410 e. The normalized spacial score (nSPS) is 16.1. The number of ether oxygens (including phenoxy) is 1. The van der Waals surface area contributed by atoms with Crippen molar-refractivity contribution in [2.45, 2.75) is 39.2 Å². The number of carbonyl (C=O) groups is 2. The molecule has 1 aliphatic rings. The van der Waals surface area contributed by atoms with Crippen LogP contribution in [-0.4, -0.2) is 35.5 Å². The lowest BCUT2D eigenvalue weighted by molar-refractivity contribution is -0.135. The molecule has 1 saturated heterocycles. The Morgan fingerprint density at radius 1 is 1.36 bits per heavy atom. The van der Waals surface area contributed by atoms with E-state index < -0.39 is 5.60 Å². The summed E-state index contributed by atoms with van der Waals surface area (Å²) < 4.78 is 5.13. The predicted molar refractivity (Wildman–Crippen MR) is 52.0 cm³/mol. The van der Waals surface area contributed by atoms with Crippen molar-refractivity contribution in [1.82, 2.24) is 4.90 Å². The van der Waals surface area contributed by atoms with E-state index in [0.717, 1.165) is 19.5 Å². The van der Waals surface area contributed by atoms with Crippen LogP contribution in [0.15, 0.2) is 0 Å². The van der Waals surface area contributed by atoms with Crippen LogP contribution < -0.4 is 0 Å². The van der Waals surface area contributed by atoms with E-state index >= 15 is 0 Å². The van der Waals surface area contributed by atoms with Gasteiger partial charge in [-0.2, -0.15) is 0 Å². The zero-order chi connectivity index (χ0) is 10.8. The van der Waals surface area contributed by atoms with E-state index in [9.17, 15) is 9.59 Å². The van der Waals surface area contributed by atoms with Gasteiger partial charge in [0.25, 0.3) is 0 Å². The molecule has 0 aromatic heterocycles. The molecule has 0 unspecified atom stereocenters. The number of hydrogen-bond acceptors (Lipinski definition) is 3. The molecule has 0 spiro atoms. The van der Waals surface area contributed by atoms with Crippen LogP contribution in [-0.2, 0) is 9.53 Å². The molecule has 0 bridgehead atoms. The summed E-state index contributed by atoms with van der Waals surface area (Å²) in [6, 6.07) is 0. The molecule has 1 fully saturated rings. The fraction of sp³-hybridized carbons (Fsp3) is 0.800. The summed E-state index contributed by atoms with van der Waals surface area (Å²) in [5.74, 6) is -0.0497. The lowest BCUT2D eigenvalue weighted by Gasteiger charge is -2.33. The van der Waals surface area contributed by atoms with Crippen LogP contribution in [0.3, 0.4) is 0 Å². The molecular formula is C10H17NO3. The topological polar surface area (TPSA) is 46.6 Å². The van der Waals surface area contributed by atoms with Crippen molar-refractivity contribution >= 4 is 11.9 Å². The first-order chi connectivity index (χ1) is 6.47. The largest absolute Gasteiger partial charge is 0.435 e. The summed E-state index contributed by atoms with van der Waals surface area (Å²) in [4.78, 5) is 24.4. The third-order valence-electron chi connectivity index (χ3n) is 2.45. The third kappa shape index (κ3) is 2.25. The Morgan fingerprint density at radius 3 is 2.29 bits per heavy atom. The van der Waals surface area contributed by atoms with Crippen molar-refractivity contribution < 1.29 is 14.3 Å². The molecule has 0 aromatic carbocycles. The molecule has 1 heterocycles. The fourth-order valence-corrected chi connectivity index (χ4v) is 1.26. The van der Waals surface area contributed by atoms with Crippen LogP contribution in [0.25, 0.3) is 0 Å². The van der Waals surface area contributed by atoms with E-state index in [1.807, 2.05) is 0 Å². The molecule has 1 aliphatic heterocycles. The lowest BCUT2D eigenvalue weighted by atomic mass is 10.0. The SMILES string of the molecule is CCC(=O)C(C)(C)OC(=O)N1CCC1. The molecule has 0 aliphatic carbocycles. The Hall–Kier alpha value is -1.06. The van der Waals surface area contributed by atoms with Crippen molar-refractivity contribution in [2.24, 2.45) is 0 Å². The molecule has 0 atom stereocenters. The number of ketones is 1. The first-order valence-corrected chi connectivity index (χ1v) is 4.98. The average molecular weight is 199 g/mol. The van der Waals surface area contributed by atoms with E-state index in [1.165, 1.54) is 0 Å². The van der Waals surface area contributed by atoms with Gasteiger partial charge in [-0.15, -0.1) is 0 Å². The second kappa shape index (κ2) is 3.98. The molecule has 80 valence electrons. The van der Waals surface area contributed by atoms with Gasteiger partial charge in [-0.25, -0.2) is 4.79 Å². The molecule has 1 amide bonds. The van der Waals surface area contributed by atoms with E-state index in [2.05, 4.69) is 0 Å². The van der Waals surface area contributed by atoms with Crippen LogP contribution in [0.1, 0.15) is 33.6 Å². The van der Waals surface area contributed by atoms with Crippen LogP contribution in [0, 0.1) is 0 Å². The van der Waals surface area contributed by atoms with Gasteiger partial charge in [-0.3, -0.25) is 4.79 Å². The molecule has 4 nitrogen and oxygen atoms in total. The minimum atomic E-state index is -0.985. The third-order valence-corrected chi connectivity index (χ3v) is 2.45. The summed E-state index contributed by atoms with van der Waals surface area (Å²) in [5, 5.41) is 0. The summed E-state index contributed by atoms with van der Waals surface area (Å²) in [7, 11) is 0. The number of amides is 1. The lowest BCUT2D eigenvalue weighted by Crippen LogP contribution is -2.47. The van der Waals surface area contributed by atoms with Crippen LogP contribution in [0.2, 0.25) is 0 Å². The summed E-state index contributed by atoms with van der Waals surface area (Å²) in [6.45, 7) is 6.53. The molecule has 0 radical (unpaired) electrons. The van der Waals surface area contributed by atoms with Crippen LogP contribution >= 0.6 is 0 Å². The Labute approximate surface area is 84.2 Å². The number of Topliss-reactive ketones (excluding diaryl/α,β-unsaturated/α-hetero) is 1. The first kappa shape index (κ1) is 11.0. The van der Waals surface area contributed by atoms with E-state index in [4.69, 9.17) is 4.74 Å². The summed E-state index contributed by atoms with van der Waals surface area (Å²) in [5.41, 5.74) is -0.985. The van der Waals surface area contributed by atoms with Gasteiger partial charge in [-0.05, 0) is 20.3 Å². The smallest absolute Gasteiger partial charge is 0.410 e. The minimum Gasteiger partial charge on any atom is -0.435 e. The molecule has 1 rings (SSSR count). The molecule has 0 saturated carbocycles. The predicted octanol–water partition coefficient (Wildman–Crippen LogP) is 1.59. The van der Waals surface area contributed by atoms with Gasteiger partial charge in [0.15, 0.2) is 11.4 Å². The highest BCUT2D eigenvalue weighted by Crippen LogP contribution is 2.17. The zero-order valence-corrected chi connectivity index (χ0v) is 9.00. The van der Waals surface area contributed by atoms with Crippen molar-refractivity contribution in [3.05, 3.63) is 0 Å². The Balaban J connectivity index is 2.48. The highest BCUT2D eigenvalue weighted by Gasteiger charge is 2.33. The van der Waals surface area contributed by atoms with E-state index in [0.29, 0.717) is 6.42 Å². The summed E-state index contributed by atoms with van der Waals surface area (Å²) in [6.07, 6.45) is 1.04. The Morgan fingerprint density at radius 2 is 1.93 bits per heavy atom. The second-order valence-electron chi connectivity index (χ2n) is 4.00. The Kier molecular flexibility index (Phi) is 3.13. The number of hydrogen-bond donors (Lipinski definition) is 0. The first-order valence-electron chi connectivity index (χ1n) is 4.98. The van der Waals surface area contributed by atoms with Gasteiger partial charge < -0.3 is 9.64 Å². The highest BCUT2D eigenvalue weighted by atomic mass is 16.6. The average Bonchev–Trinajstić information content (AvgIpc) is 1.98. The maximum absolute atomic E-state index is 11.4. The zero-order valence-electron chi connectivity index (χ0n) is 9.00. The molecule has 14 heavy (non-hydrogen) atoms. The van der Waals surface area contributed by atoms with Crippen molar-refractivity contribution in [2.75, 3.05) is 13.1 Å². The molecule has 4 heteroatoms. The van der Waals surface area contributed by atoms with Gasteiger partial charge in [-0.1, -0.05) is 6.92 Å². The van der Waals surface area contributed by atoms with Gasteiger partial charge in [0.1, 0.15) is 0 Å². The van der Waals surface area contributed by atoms with Gasteiger partial charge in [0.2, 0.25) is 0 Å².